The Kier molecular flexibility index (Phi) is 8.23. The largest absolute Gasteiger partial charge is 0.497 e. The average Bonchev–Trinajstić information content (AvgIpc) is 3.08. The third-order valence-corrected chi connectivity index (χ3v) is 5.59. The number of benzene rings is 1. The van der Waals surface area contributed by atoms with Gasteiger partial charge in [0.2, 0.25) is 5.79 Å². The molecule has 2 aliphatic rings. The predicted octanol–water partition coefficient (Wildman–Crippen LogP) is -3.52. The van der Waals surface area contributed by atoms with Gasteiger partial charge in [0.25, 0.3) is 0 Å². The molecule has 0 saturated carbocycles. The van der Waals surface area contributed by atoms with E-state index >= 15 is 0 Å². The molecule has 186 valence electrons. The summed E-state index contributed by atoms with van der Waals surface area (Å²) in [6.07, 6.45) is -13.3. The second-order valence-electron chi connectivity index (χ2n) is 7.70. The van der Waals surface area contributed by atoms with Crippen molar-refractivity contribution in [3.63, 3.8) is 0 Å². The molecule has 2 fully saturated rings. The van der Waals surface area contributed by atoms with Crippen molar-refractivity contribution < 1.29 is 64.2 Å². The van der Waals surface area contributed by atoms with Crippen molar-refractivity contribution in [1.82, 2.24) is 0 Å². The average molecular weight is 476 g/mol. The zero-order valence-corrected chi connectivity index (χ0v) is 17.6. The van der Waals surface area contributed by atoms with Gasteiger partial charge < -0.3 is 59.4 Å². The highest BCUT2D eigenvalue weighted by molar-refractivity contribution is 5.89. The summed E-state index contributed by atoms with van der Waals surface area (Å²) >= 11 is 0. The minimum absolute atomic E-state index is 0.181. The van der Waals surface area contributed by atoms with Crippen molar-refractivity contribution in [2.75, 3.05) is 26.9 Å². The second-order valence-corrected chi connectivity index (χ2v) is 7.70. The lowest BCUT2D eigenvalue weighted by molar-refractivity contribution is -0.383. The molecule has 0 aromatic heterocycles. The van der Waals surface area contributed by atoms with Gasteiger partial charge in [-0.05, 0) is 24.3 Å². The first-order chi connectivity index (χ1) is 15.7. The number of aliphatic hydroxyl groups is 7. The van der Waals surface area contributed by atoms with E-state index in [1.807, 2.05) is 0 Å². The van der Waals surface area contributed by atoms with Crippen LogP contribution in [-0.4, -0.2) is 123 Å². The fraction of sp³-hybridized carbons (Fsp3) is 0.650. The molecule has 0 bridgehead atoms. The summed E-state index contributed by atoms with van der Waals surface area (Å²) < 4.78 is 26.2. The molecule has 33 heavy (non-hydrogen) atoms. The van der Waals surface area contributed by atoms with Gasteiger partial charge in [0.05, 0.1) is 19.3 Å². The summed E-state index contributed by atoms with van der Waals surface area (Å²) in [6.45, 7) is -2.26. The first-order valence-corrected chi connectivity index (χ1v) is 10.1. The van der Waals surface area contributed by atoms with E-state index in [0.717, 1.165) is 0 Å². The number of rotatable bonds is 8. The zero-order chi connectivity index (χ0) is 24.3. The maximum Gasteiger partial charge on any atom is 0.338 e. The van der Waals surface area contributed by atoms with Gasteiger partial charge in [-0.1, -0.05) is 0 Å². The quantitative estimate of drug-likeness (QED) is 0.182. The predicted molar refractivity (Wildman–Crippen MR) is 105 cm³/mol. The van der Waals surface area contributed by atoms with Crippen LogP contribution in [0.25, 0.3) is 0 Å². The van der Waals surface area contributed by atoms with E-state index in [2.05, 4.69) is 0 Å². The van der Waals surface area contributed by atoms with Crippen molar-refractivity contribution in [2.45, 2.75) is 54.8 Å². The van der Waals surface area contributed by atoms with Crippen LogP contribution in [0.1, 0.15) is 10.4 Å². The highest BCUT2D eigenvalue weighted by Crippen LogP contribution is 2.36. The highest BCUT2D eigenvalue weighted by atomic mass is 16.8. The topological polar surface area (TPSA) is 205 Å². The minimum atomic E-state index is -2.30. The van der Waals surface area contributed by atoms with Crippen molar-refractivity contribution in [3.8, 4) is 5.75 Å². The van der Waals surface area contributed by atoms with Gasteiger partial charge >= 0.3 is 5.97 Å². The Morgan fingerprint density at radius 3 is 2.18 bits per heavy atom. The molecule has 13 heteroatoms. The summed E-state index contributed by atoms with van der Waals surface area (Å²) in [5, 5.41) is 69.9. The maximum atomic E-state index is 12.3. The fourth-order valence-corrected chi connectivity index (χ4v) is 3.59. The van der Waals surface area contributed by atoms with Crippen LogP contribution in [0, 0.1) is 0 Å². The Morgan fingerprint density at radius 1 is 0.970 bits per heavy atom. The Morgan fingerprint density at radius 2 is 1.64 bits per heavy atom. The molecule has 0 amide bonds. The summed E-state index contributed by atoms with van der Waals surface area (Å²) in [5.74, 6) is -2.54. The van der Waals surface area contributed by atoms with Crippen LogP contribution in [0.3, 0.4) is 0 Å². The fourth-order valence-electron chi connectivity index (χ4n) is 3.59. The molecule has 0 aliphatic carbocycles. The molecule has 1 aromatic rings. The third kappa shape index (κ3) is 5.12. The molecule has 13 nitrogen and oxygen atoms in total. The second kappa shape index (κ2) is 10.6. The van der Waals surface area contributed by atoms with E-state index in [4.69, 9.17) is 23.7 Å². The molecule has 3 rings (SSSR count). The number of hydrogen-bond acceptors (Lipinski definition) is 13. The lowest BCUT2D eigenvalue weighted by Gasteiger charge is -2.43. The standard InChI is InChI=1S/C20H28O13/c1-29-10-4-2-9(3-5-10)18(28)30-7-12-13(23)15(25)16(26)19(31-12)33-20(8-22)17(27)14(24)11(6-21)32-20/h2-5,11-17,19,21-27H,6-8H2,1H3/t11-,12-,13-,14-,15+,16-,17+,19-,20+/m1/s1. The van der Waals surface area contributed by atoms with Gasteiger partial charge in [-0.15, -0.1) is 0 Å². The van der Waals surface area contributed by atoms with E-state index in [1.54, 1.807) is 12.1 Å². The van der Waals surface area contributed by atoms with Crippen LogP contribution in [0.4, 0.5) is 0 Å². The summed E-state index contributed by atoms with van der Waals surface area (Å²) in [7, 11) is 1.47. The number of methoxy groups -OCH3 is 1. The van der Waals surface area contributed by atoms with Gasteiger partial charge in [-0.3, -0.25) is 0 Å². The number of carbonyl (C=O) groups excluding carboxylic acids is 1. The smallest absolute Gasteiger partial charge is 0.338 e. The number of carbonyl (C=O) groups is 1. The monoisotopic (exact) mass is 476 g/mol. The molecule has 1 aromatic carbocycles. The summed E-state index contributed by atoms with van der Waals surface area (Å²) in [6, 6.07) is 6.00. The van der Waals surface area contributed by atoms with Gasteiger partial charge in [0.1, 0.15) is 61.7 Å². The molecular formula is C20H28O13. The Hall–Kier alpha value is -1.91. The summed E-state index contributed by atoms with van der Waals surface area (Å²) in [4.78, 5) is 12.3. The van der Waals surface area contributed by atoms with E-state index in [0.29, 0.717) is 5.75 Å². The first-order valence-electron chi connectivity index (χ1n) is 10.1. The maximum absolute atomic E-state index is 12.3. The normalized spacial score (nSPS) is 38.8. The number of hydrogen-bond donors (Lipinski definition) is 7. The van der Waals surface area contributed by atoms with E-state index in [1.165, 1.54) is 19.2 Å². The van der Waals surface area contributed by atoms with Crippen LogP contribution >= 0.6 is 0 Å². The van der Waals surface area contributed by atoms with Gasteiger partial charge in [-0.25, -0.2) is 4.79 Å². The number of aliphatic hydroxyl groups excluding tert-OH is 7. The van der Waals surface area contributed by atoms with E-state index < -0.39 is 80.6 Å². The van der Waals surface area contributed by atoms with Gasteiger partial charge in [-0.2, -0.15) is 0 Å². The van der Waals surface area contributed by atoms with Crippen LogP contribution in [-0.2, 0) is 18.9 Å². The van der Waals surface area contributed by atoms with E-state index in [-0.39, 0.29) is 5.56 Å². The number of ether oxygens (including phenoxy) is 5. The Bertz CT molecular complexity index is 789. The molecule has 0 unspecified atom stereocenters. The molecule has 0 spiro atoms. The Labute approximate surface area is 188 Å². The van der Waals surface area contributed by atoms with Crippen LogP contribution in [0.15, 0.2) is 24.3 Å². The van der Waals surface area contributed by atoms with Crippen LogP contribution in [0.2, 0.25) is 0 Å². The van der Waals surface area contributed by atoms with E-state index in [9.17, 15) is 40.5 Å². The third-order valence-electron chi connectivity index (χ3n) is 5.59. The van der Waals surface area contributed by atoms with Crippen molar-refractivity contribution >= 4 is 5.97 Å². The van der Waals surface area contributed by atoms with Crippen LogP contribution in [0.5, 0.6) is 5.75 Å². The molecule has 2 aliphatic heterocycles. The zero-order valence-electron chi connectivity index (χ0n) is 17.6. The van der Waals surface area contributed by atoms with Gasteiger partial charge in [0.15, 0.2) is 6.29 Å². The SMILES string of the molecule is COc1ccc(C(=O)OC[C@H]2O[C@H](O[C@]3(CO)O[C@H](CO)[C@@H](O)[C@@H]3O)[C@H](O)[C@@H](O)[C@@H]2O)cc1. The molecule has 2 saturated heterocycles. The molecule has 9 atom stereocenters. The minimum Gasteiger partial charge on any atom is -0.497 e. The van der Waals surface area contributed by atoms with Crippen molar-refractivity contribution in [3.05, 3.63) is 29.8 Å². The highest BCUT2D eigenvalue weighted by Gasteiger charge is 2.58. The molecule has 7 N–H and O–H groups in total. The van der Waals surface area contributed by atoms with Crippen molar-refractivity contribution in [2.24, 2.45) is 0 Å². The summed E-state index contributed by atoms with van der Waals surface area (Å²) in [5.41, 5.74) is 0.181. The molecular weight excluding hydrogens is 448 g/mol. The molecule has 2 heterocycles. The van der Waals surface area contributed by atoms with Gasteiger partial charge in [0, 0.05) is 0 Å². The lowest BCUT2D eigenvalue weighted by atomic mass is 9.99. The number of esters is 1. The Balaban J connectivity index is 1.68. The lowest BCUT2D eigenvalue weighted by Crippen LogP contribution is -2.62. The first kappa shape index (κ1) is 25.7. The van der Waals surface area contributed by atoms with Crippen LogP contribution < -0.4 is 4.74 Å². The molecule has 0 radical (unpaired) electrons. The van der Waals surface area contributed by atoms with Crippen molar-refractivity contribution in [1.29, 1.82) is 0 Å².